The van der Waals surface area contributed by atoms with E-state index >= 15 is 0 Å². The van der Waals surface area contributed by atoms with Crippen LogP contribution in [0.3, 0.4) is 0 Å². The third kappa shape index (κ3) is 4.25. The molecule has 0 spiro atoms. The zero-order valence-electron chi connectivity index (χ0n) is 17.0. The number of thiophene rings is 1. The number of aryl methyl sites for hydroxylation is 2. The van der Waals surface area contributed by atoms with Crippen LogP contribution in [0.1, 0.15) is 23.3 Å². The molecule has 8 nitrogen and oxygen atoms in total. The summed E-state index contributed by atoms with van der Waals surface area (Å²) in [7, 11) is 0. The molecule has 4 heterocycles. The lowest BCUT2D eigenvalue weighted by molar-refractivity contribution is -0.127. The minimum absolute atomic E-state index is 0.0478. The van der Waals surface area contributed by atoms with Crippen LogP contribution in [0.4, 0.5) is 11.5 Å². The van der Waals surface area contributed by atoms with Crippen LogP contribution in [0.15, 0.2) is 30.9 Å². The van der Waals surface area contributed by atoms with Gasteiger partial charge in [0.1, 0.15) is 17.0 Å². The van der Waals surface area contributed by atoms with E-state index in [1.54, 1.807) is 42.2 Å². The molecule has 0 radical (unpaired) electrons. The van der Waals surface area contributed by atoms with Crippen molar-refractivity contribution >= 4 is 44.9 Å². The van der Waals surface area contributed by atoms with Crippen molar-refractivity contribution in [2.24, 2.45) is 5.92 Å². The third-order valence-corrected chi connectivity index (χ3v) is 6.59. The summed E-state index contributed by atoms with van der Waals surface area (Å²) in [6.45, 7) is 5.67. The Morgan fingerprint density at radius 2 is 2.03 bits per heavy atom. The molecule has 3 aromatic rings. The topological polar surface area (TPSA) is 100 Å². The Labute approximate surface area is 178 Å². The molecule has 4 rings (SSSR count). The first-order valence-corrected chi connectivity index (χ1v) is 10.8. The molecule has 30 heavy (non-hydrogen) atoms. The Balaban J connectivity index is 1.31. The fourth-order valence-corrected chi connectivity index (χ4v) is 4.70. The van der Waals surface area contributed by atoms with Gasteiger partial charge in [0.2, 0.25) is 11.8 Å². The van der Waals surface area contributed by atoms with Gasteiger partial charge in [0.15, 0.2) is 0 Å². The fourth-order valence-electron chi connectivity index (χ4n) is 3.71. The summed E-state index contributed by atoms with van der Waals surface area (Å²) < 4.78 is 0. The van der Waals surface area contributed by atoms with Gasteiger partial charge in [-0.15, -0.1) is 11.3 Å². The summed E-state index contributed by atoms with van der Waals surface area (Å²) in [4.78, 5) is 41.9. The second-order valence-corrected chi connectivity index (χ2v) is 8.63. The molecule has 2 amide bonds. The van der Waals surface area contributed by atoms with E-state index in [-0.39, 0.29) is 24.3 Å². The number of nitrogens with one attached hydrogen (secondary N) is 2. The summed E-state index contributed by atoms with van der Waals surface area (Å²) in [5.74, 6) is 0.512. The molecule has 0 saturated carbocycles. The van der Waals surface area contributed by atoms with Crippen LogP contribution in [0.5, 0.6) is 0 Å². The van der Waals surface area contributed by atoms with Gasteiger partial charge in [-0.2, -0.15) is 0 Å². The first-order chi connectivity index (χ1) is 14.5. The summed E-state index contributed by atoms with van der Waals surface area (Å²) in [5.41, 5.74) is 1.84. The van der Waals surface area contributed by atoms with E-state index in [0.717, 1.165) is 42.0 Å². The number of anilines is 2. The highest BCUT2D eigenvalue weighted by Crippen LogP contribution is 2.35. The first kappa shape index (κ1) is 20.2. The monoisotopic (exact) mass is 424 g/mol. The maximum absolute atomic E-state index is 12.5. The Morgan fingerprint density at radius 3 is 2.77 bits per heavy atom. The van der Waals surface area contributed by atoms with Crippen molar-refractivity contribution in [3.63, 3.8) is 0 Å². The first-order valence-electron chi connectivity index (χ1n) is 9.96. The van der Waals surface area contributed by atoms with E-state index in [0.29, 0.717) is 5.69 Å². The Morgan fingerprint density at radius 1 is 1.23 bits per heavy atom. The van der Waals surface area contributed by atoms with Crippen LogP contribution in [-0.4, -0.2) is 46.4 Å². The molecule has 1 aliphatic heterocycles. The highest BCUT2D eigenvalue weighted by molar-refractivity contribution is 7.18. The number of nitrogens with zero attached hydrogens (tertiary/aromatic N) is 4. The summed E-state index contributed by atoms with van der Waals surface area (Å²) in [5, 5.41) is 6.59. The number of pyridine rings is 1. The van der Waals surface area contributed by atoms with Crippen molar-refractivity contribution in [2.45, 2.75) is 26.7 Å². The van der Waals surface area contributed by atoms with E-state index in [4.69, 9.17) is 0 Å². The number of carbonyl (C=O) groups is 2. The molecule has 1 fully saturated rings. The van der Waals surface area contributed by atoms with Crippen LogP contribution >= 0.6 is 11.3 Å². The summed E-state index contributed by atoms with van der Waals surface area (Å²) in [6.07, 6.45) is 6.27. The largest absolute Gasteiger partial charge is 0.356 e. The maximum Gasteiger partial charge on any atom is 0.243 e. The number of carbonyl (C=O) groups excluding carboxylic acids is 2. The molecule has 3 aromatic heterocycles. The lowest BCUT2D eigenvalue weighted by Gasteiger charge is -2.32. The lowest BCUT2D eigenvalue weighted by Crippen LogP contribution is -2.42. The third-order valence-electron chi connectivity index (χ3n) is 5.48. The lowest BCUT2D eigenvalue weighted by atomic mass is 9.95. The molecule has 9 heteroatoms. The molecule has 1 aliphatic rings. The summed E-state index contributed by atoms with van der Waals surface area (Å²) in [6, 6.07) is 3.50. The standard InChI is InChI=1S/C21H24N6O2S/c1-13-14(2)30-21-18(13)19(24-12-25-21)27-8-5-15(6-9-27)20(29)23-11-17(28)26-16-4-3-7-22-10-16/h3-4,7,10,12,15H,5-6,8-9,11H2,1-2H3,(H,23,29)(H,26,28). The number of amides is 2. The van der Waals surface area contributed by atoms with Crippen molar-refractivity contribution in [2.75, 3.05) is 29.9 Å². The fraction of sp³-hybridized carbons (Fsp3) is 0.381. The van der Waals surface area contributed by atoms with Gasteiger partial charge in [0.05, 0.1) is 23.8 Å². The number of aromatic nitrogens is 3. The second kappa shape index (κ2) is 8.74. The normalized spacial score (nSPS) is 14.7. The van der Waals surface area contributed by atoms with Crippen LogP contribution in [0.2, 0.25) is 0 Å². The van der Waals surface area contributed by atoms with E-state index in [9.17, 15) is 9.59 Å². The number of hydrogen-bond acceptors (Lipinski definition) is 7. The zero-order valence-corrected chi connectivity index (χ0v) is 17.8. The minimum atomic E-state index is -0.263. The van der Waals surface area contributed by atoms with Crippen LogP contribution in [0.25, 0.3) is 10.2 Å². The Hall–Kier alpha value is -3.07. The molecule has 0 aliphatic carbocycles. The van der Waals surface area contributed by atoms with Gasteiger partial charge in [0.25, 0.3) is 0 Å². The van der Waals surface area contributed by atoms with E-state index < -0.39 is 0 Å². The van der Waals surface area contributed by atoms with Crippen molar-refractivity contribution in [1.29, 1.82) is 0 Å². The minimum Gasteiger partial charge on any atom is -0.356 e. The van der Waals surface area contributed by atoms with Gasteiger partial charge >= 0.3 is 0 Å². The predicted molar refractivity (Wildman–Crippen MR) is 118 cm³/mol. The molecular weight excluding hydrogens is 400 g/mol. The van der Waals surface area contributed by atoms with Crippen molar-refractivity contribution in [3.05, 3.63) is 41.3 Å². The Bertz CT molecular complexity index is 1060. The zero-order chi connectivity index (χ0) is 21.1. The van der Waals surface area contributed by atoms with Crippen LogP contribution in [-0.2, 0) is 9.59 Å². The second-order valence-electron chi connectivity index (χ2n) is 7.43. The predicted octanol–water partition coefficient (Wildman–Crippen LogP) is 2.67. The number of hydrogen-bond donors (Lipinski definition) is 2. The smallest absolute Gasteiger partial charge is 0.243 e. The molecule has 2 N–H and O–H groups in total. The van der Waals surface area contributed by atoms with Crippen LogP contribution in [0, 0.1) is 19.8 Å². The highest BCUT2D eigenvalue weighted by Gasteiger charge is 2.27. The summed E-state index contributed by atoms with van der Waals surface area (Å²) >= 11 is 1.69. The van der Waals surface area contributed by atoms with E-state index in [1.165, 1.54) is 10.4 Å². The van der Waals surface area contributed by atoms with Gasteiger partial charge < -0.3 is 15.5 Å². The van der Waals surface area contributed by atoms with Crippen LogP contribution < -0.4 is 15.5 Å². The van der Waals surface area contributed by atoms with Gasteiger partial charge in [-0.25, -0.2) is 9.97 Å². The van der Waals surface area contributed by atoms with Gasteiger partial charge in [-0.1, -0.05) is 0 Å². The van der Waals surface area contributed by atoms with Gasteiger partial charge in [-0.3, -0.25) is 14.6 Å². The molecule has 156 valence electrons. The average molecular weight is 425 g/mol. The Kier molecular flexibility index (Phi) is 5.89. The molecule has 1 saturated heterocycles. The van der Waals surface area contributed by atoms with E-state index in [2.05, 4.69) is 44.3 Å². The SMILES string of the molecule is Cc1sc2ncnc(N3CCC(C(=O)NCC(=O)Nc4cccnc4)CC3)c2c1C. The molecule has 0 unspecified atom stereocenters. The van der Waals surface area contributed by atoms with Gasteiger partial charge in [0, 0.05) is 30.1 Å². The van der Waals surface area contributed by atoms with Crippen molar-refractivity contribution in [3.8, 4) is 0 Å². The number of fused-ring (bicyclic) bond motifs is 1. The molecule has 0 aromatic carbocycles. The quantitative estimate of drug-likeness (QED) is 0.653. The molecule has 0 bridgehead atoms. The average Bonchev–Trinajstić information content (AvgIpc) is 3.06. The van der Waals surface area contributed by atoms with Crippen molar-refractivity contribution < 1.29 is 9.59 Å². The number of piperidine rings is 1. The van der Waals surface area contributed by atoms with Crippen molar-refractivity contribution in [1.82, 2.24) is 20.3 Å². The number of rotatable bonds is 5. The van der Waals surface area contributed by atoms with E-state index in [1.807, 2.05) is 0 Å². The van der Waals surface area contributed by atoms with Gasteiger partial charge in [-0.05, 0) is 44.4 Å². The molecular formula is C21H24N6O2S. The highest BCUT2D eigenvalue weighted by atomic mass is 32.1. The molecule has 0 atom stereocenters. The maximum atomic E-state index is 12.5.